The molecule has 1 fully saturated rings. The van der Waals surface area contributed by atoms with Gasteiger partial charge in [-0.05, 0) is 35.9 Å². The summed E-state index contributed by atoms with van der Waals surface area (Å²) in [7, 11) is 0. The van der Waals surface area contributed by atoms with Crippen molar-refractivity contribution < 1.29 is 9.59 Å². The summed E-state index contributed by atoms with van der Waals surface area (Å²) in [6, 6.07) is 11.9. The number of nitrogens with zero attached hydrogens (tertiary/aromatic N) is 2. The van der Waals surface area contributed by atoms with Crippen molar-refractivity contribution in [3.8, 4) is 0 Å². The Labute approximate surface area is 127 Å². The summed E-state index contributed by atoms with van der Waals surface area (Å²) < 4.78 is 0. The molecule has 1 N–H and O–H groups in total. The lowest BCUT2D eigenvalue weighted by Crippen LogP contribution is -2.30. The van der Waals surface area contributed by atoms with Crippen molar-refractivity contribution in [1.82, 2.24) is 10.3 Å². The molecular weight excluding hydrogens is 290 g/mol. The van der Waals surface area contributed by atoms with E-state index >= 15 is 0 Å². The Balaban J connectivity index is 0.00000161. The number of carbonyl (C=O) groups excluding carboxylic acids is 2. The Kier molecular flexibility index (Phi) is 4.35. The normalized spacial score (nSPS) is 15.8. The molecule has 2 aromatic rings. The number of halogens is 1. The van der Waals surface area contributed by atoms with E-state index < -0.39 is 6.03 Å². The maximum Gasteiger partial charge on any atom is 0.333 e. The van der Waals surface area contributed by atoms with Crippen LogP contribution in [0.5, 0.6) is 0 Å². The molecule has 1 saturated heterocycles. The quantitative estimate of drug-likeness (QED) is 0.685. The largest absolute Gasteiger partial charge is 0.333 e. The van der Waals surface area contributed by atoms with Gasteiger partial charge in [-0.3, -0.25) is 9.78 Å². The molecule has 0 unspecified atom stereocenters. The molecular formula is C15H12ClN3O2. The minimum atomic E-state index is -0.443. The highest BCUT2D eigenvalue weighted by atomic mass is 35.5. The Bertz CT molecular complexity index is 687. The van der Waals surface area contributed by atoms with Crippen LogP contribution in [0.3, 0.4) is 0 Å². The van der Waals surface area contributed by atoms with Crippen molar-refractivity contribution in [1.29, 1.82) is 0 Å². The summed E-state index contributed by atoms with van der Waals surface area (Å²) >= 11 is 0. The monoisotopic (exact) mass is 301 g/mol. The van der Waals surface area contributed by atoms with Gasteiger partial charge in [0.2, 0.25) is 0 Å². The molecule has 0 bridgehead atoms. The second-order valence-electron chi connectivity index (χ2n) is 4.24. The van der Waals surface area contributed by atoms with Crippen molar-refractivity contribution in [2.45, 2.75) is 0 Å². The summed E-state index contributed by atoms with van der Waals surface area (Å²) in [5.41, 5.74) is 1.61. The first kappa shape index (κ1) is 14.7. The van der Waals surface area contributed by atoms with E-state index in [0.717, 1.165) is 10.5 Å². The van der Waals surface area contributed by atoms with Gasteiger partial charge in [-0.1, -0.05) is 18.2 Å². The number of amides is 3. The van der Waals surface area contributed by atoms with E-state index in [4.69, 9.17) is 0 Å². The van der Waals surface area contributed by atoms with Crippen molar-refractivity contribution in [2.75, 3.05) is 4.90 Å². The molecule has 0 aliphatic carbocycles. The highest BCUT2D eigenvalue weighted by Gasteiger charge is 2.34. The maximum atomic E-state index is 12.3. The summed E-state index contributed by atoms with van der Waals surface area (Å²) in [6.07, 6.45) is 4.88. The number of pyridine rings is 1. The van der Waals surface area contributed by atoms with E-state index in [1.165, 1.54) is 0 Å². The molecule has 0 spiro atoms. The first-order valence-electron chi connectivity index (χ1n) is 6.08. The Morgan fingerprint density at radius 1 is 1.00 bits per heavy atom. The van der Waals surface area contributed by atoms with Gasteiger partial charge in [-0.2, -0.15) is 0 Å². The van der Waals surface area contributed by atoms with Gasteiger partial charge in [-0.25, -0.2) is 9.69 Å². The van der Waals surface area contributed by atoms with Crippen molar-refractivity contribution >= 4 is 36.1 Å². The van der Waals surface area contributed by atoms with Gasteiger partial charge in [-0.15, -0.1) is 12.4 Å². The van der Waals surface area contributed by atoms with Crippen molar-refractivity contribution in [3.05, 3.63) is 66.1 Å². The number of anilines is 1. The molecule has 1 aromatic carbocycles. The number of imide groups is 1. The lowest BCUT2D eigenvalue weighted by Gasteiger charge is -2.10. The van der Waals surface area contributed by atoms with Crippen LogP contribution in [0.25, 0.3) is 6.08 Å². The zero-order valence-corrected chi connectivity index (χ0v) is 11.7. The van der Waals surface area contributed by atoms with Crippen LogP contribution in [0.15, 0.2) is 60.6 Å². The average Bonchev–Trinajstić information content (AvgIpc) is 2.75. The van der Waals surface area contributed by atoms with E-state index in [1.54, 1.807) is 54.9 Å². The lowest BCUT2D eigenvalue weighted by molar-refractivity contribution is -0.113. The molecule has 106 valence electrons. The predicted molar refractivity (Wildman–Crippen MR) is 81.9 cm³/mol. The number of aromatic nitrogens is 1. The smallest absolute Gasteiger partial charge is 0.302 e. The number of carbonyl (C=O) groups is 2. The summed E-state index contributed by atoms with van der Waals surface area (Å²) in [6.45, 7) is 0. The molecule has 21 heavy (non-hydrogen) atoms. The molecule has 5 nitrogen and oxygen atoms in total. The van der Waals surface area contributed by atoms with Gasteiger partial charge in [0.1, 0.15) is 5.70 Å². The second kappa shape index (κ2) is 6.19. The number of para-hydroxylation sites is 1. The number of hydrogen-bond donors (Lipinski definition) is 1. The predicted octanol–water partition coefficient (Wildman–Crippen LogP) is 2.60. The number of rotatable bonds is 2. The van der Waals surface area contributed by atoms with Crippen LogP contribution in [-0.4, -0.2) is 16.9 Å². The van der Waals surface area contributed by atoms with Gasteiger partial charge in [0.25, 0.3) is 5.91 Å². The minimum Gasteiger partial charge on any atom is -0.302 e. The first-order valence-corrected chi connectivity index (χ1v) is 6.08. The van der Waals surface area contributed by atoms with Crippen molar-refractivity contribution in [3.63, 3.8) is 0 Å². The molecule has 0 radical (unpaired) electrons. The third kappa shape index (κ3) is 2.93. The summed E-state index contributed by atoms with van der Waals surface area (Å²) in [5, 5.41) is 2.58. The molecule has 6 heteroatoms. The third-order valence-electron chi connectivity index (χ3n) is 2.91. The number of nitrogens with one attached hydrogen (secondary N) is 1. The fraction of sp³-hybridized carbons (Fsp3) is 0. The Morgan fingerprint density at radius 2 is 1.67 bits per heavy atom. The van der Waals surface area contributed by atoms with Crippen LogP contribution in [0.2, 0.25) is 0 Å². The van der Waals surface area contributed by atoms with Gasteiger partial charge in [0.05, 0.1) is 5.69 Å². The molecule has 1 aliphatic rings. The highest BCUT2D eigenvalue weighted by Crippen LogP contribution is 2.21. The lowest BCUT2D eigenvalue weighted by atomic mass is 10.2. The minimum absolute atomic E-state index is 0. The molecule has 3 rings (SSSR count). The zero-order chi connectivity index (χ0) is 13.9. The van der Waals surface area contributed by atoms with E-state index in [1.807, 2.05) is 6.07 Å². The number of benzene rings is 1. The standard InChI is InChI=1S/C15H11N3O2.ClH/c19-14-13(10-11-6-8-16-9-7-11)17-15(20)18(14)12-4-2-1-3-5-12;/h1-10H,(H,17,20);1H/b13-10-;. The molecule has 0 saturated carbocycles. The fourth-order valence-electron chi connectivity index (χ4n) is 1.97. The second-order valence-corrected chi connectivity index (χ2v) is 4.24. The summed E-state index contributed by atoms with van der Waals surface area (Å²) in [5.74, 6) is -0.363. The third-order valence-corrected chi connectivity index (χ3v) is 2.91. The van der Waals surface area contributed by atoms with E-state index in [-0.39, 0.29) is 24.0 Å². The number of hydrogen-bond acceptors (Lipinski definition) is 3. The van der Waals surface area contributed by atoms with Crippen LogP contribution >= 0.6 is 12.4 Å². The summed E-state index contributed by atoms with van der Waals surface area (Å²) in [4.78, 5) is 29.2. The van der Waals surface area contributed by atoms with Gasteiger partial charge in [0, 0.05) is 12.4 Å². The van der Waals surface area contributed by atoms with Gasteiger partial charge in [0.15, 0.2) is 0 Å². The van der Waals surface area contributed by atoms with Crippen molar-refractivity contribution in [2.24, 2.45) is 0 Å². The Morgan fingerprint density at radius 3 is 2.33 bits per heavy atom. The molecule has 1 aliphatic heterocycles. The van der Waals surface area contributed by atoms with Crippen LogP contribution in [0.1, 0.15) is 5.56 Å². The Hall–Kier alpha value is -2.66. The highest BCUT2D eigenvalue weighted by molar-refractivity contribution is 6.28. The number of urea groups is 1. The van der Waals surface area contributed by atoms with Gasteiger partial charge >= 0.3 is 6.03 Å². The van der Waals surface area contributed by atoms with Crippen LogP contribution in [0, 0.1) is 0 Å². The molecule has 2 heterocycles. The molecule has 3 amide bonds. The van der Waals surface area contributed by atoms with Gasteiger partial charge < -0.3 is 5.32 Å². The fourth-order valence-corrected chi connectivity index (χ4v) is 1.97. The maximum absolute atomic E-state index is 12.3. The van der Waals surface area contributed by atoms with Crippen LogP contribution in [0.4, 0.5) is 10.5 Å². The SMILES string of the molecule is Cl.O=C1N/C(=C\c2ccncc2)C(=O)N1c1ccccc1. The zero-order valence-electron chi connectivity index (χ0n) is 10.9. The first-order chi connectivity index (χ1) is 9.75. The van der Waals surface area contributed by atoms with E-state index in [9.17, 15) is 9.59 Å². The van der Waals surface area contributed by atoms with Crippen LogP contribution in [-0.2, 0) is 4.79 Å². The van der Waals surface area contributed by atoms with Crippen LogP contribution < -0.4 is 10.2 Å². The van der Waals surface area contributed by atoms with E-state index in [0.29, 0.717) is 5.69 Å². The van der Waals surface area contributed by atoms with E-state index in [2.05, 4.69) is 10.3 Å². The topological polar surface area (TPSA) is 62.3 Å². The average molecular weight is 302 g/mol. The molecule has 0 atom stereocenters. The molecule has 1 aromatic heterocycles.